The van der Waals surface area contributed by atoms with Crippen molar-refractivity contribution in [1.29, 1.82) is 0 Å². The monoisotopic (exact) mass is 235 g/mol. The number of hydrogen-bond donors (Lipinski definition) is 1. The van der Waals surface area contributed by atoms with Gasteiger partial charge in [0.1, 0.15) is 5.75 Å². The van der Waals surface area contributed by atoms with Crippen LogP contribution in [-0.4, -0.2) is 19.8 Å². The molecule has 1 aliphatic carbocycles. The highest BCUT2D eigenvalue weighted by Crippen LogP contribution is 2.31. The molecular formula is C14H21NO2. The lowest BCUT2D eigenvalue weighted by molar-refractivity contribution is 0.131. The predicted octanol–water partition coefficient (Wildman–Crippen LogP) is 2.44. The predicted molar refractivity (Wildman–Crippen MR) is 68.3 cm³/mol. The van der Waals surface area contributed by atoms with Gasteiger partial charge in [0, 0.05) is 25.7 Å². The van der Waals surface area contributed by atoms with E-state index in [1.54, 1.807) is 0 Å². The normalized spacial score (nSPS) is 18.1. The minimum Gasteiger partial charge on any atom is -0.493 e. The van der Waals surface area contributed by atoms with Crippen LogP contribution in [0, 0.1) is 0 Å². The first-order chi connectivity index (χ1) is 8.31. The molecule has 1 unspecified atom stereocenters. The lowest BCUT2D eigenvalue weighted by Gasteiger charge is -2.09. The Hall–Kier alpha value is -1.06. The van der Waals surface area contributed by atoms with Crippen molar-refractivity contribution in [3.63, 3.8) is 0 Å². The molecular weight excluding hydrogens is 214 g/mol. The maximum absolute atomic E-state index is 5.99. The fraction of sp³-hybridized carbons (Fsp3) is 0.571. The summed E-state index contributed by atoms with van der Waals surface area (Å²) in [6.07, 6.45) is 3.07. The molecule has 0 saturated heterocycles. The van der Waals surface area contributed by atoms with E-state index in [1.807, 2.05) is 13.0 Å². The zero-order valence-electron chi connectivity index (χ0n) is 10.4. The largest absolute Gasteiger partial charge is 0.493 e. The molecule has 2 N–H and O–H groups in total. The number of rotatable bonds is 6. The van der Waals surface area contributed by atoms with Crippen LogP contribution in [0.1, 0.15) is 36.9 Å². The fourth-order valence-electron chi connectivity index (χ4n) is 2.21. The Morgan fingerprint density at radius 3 is 3.06 bits per heavy atom. The van der Waals surface area contributed by atoms with Crippen LogP contribution >= 0.6 is 0 Å². The second kappa shape index (κ2) is 6.03. The quantitative estimate of drug-likeness (QED) is 0.770. The van der Waals surface area contributed by atoms with Gasteiger partial charge in [0.2, 0.25) is 0 Å². The van der Waals surface area contributed by atoms with Gasteiger partial charge in [-0.25, -0.2) is 0 Å². The number of hydrogen-bond acceptors (Lipinski definition) is 3. The van der Waals surface area contributed by atoms with Gasteiger partial charge in [0.05, 0.1) is 6.61 Å². The fourth-order valence-corrected chi connectivity index (χ4v) is 2.21. The summed E-state index contributed by atoms with van der Waals surface area (Å²) < 4.78 is 11.0. The molecule has 0 spiro atoms. The van der Waals surface area contributed by atoms with E-state index >= 15 is 0 Å². The highest BCUT2D eigenvalue weighted by molar-refractivity contribution is 5.40. The molecule has 0 heterocycles. The van der Waals surface area contributed by atoms with Gasteiger partial charge in [-0.3, -0.25) is 0 Å². The molecule has 17 heavy (non-hydrogen) atoms. The molecule has 1 aromatic carbocycles. The van der Waals surface area contributed by atoms with E-state index in [2.05, 4.69) is 12.1 Å². The van der Waals surface area contributed by atoms with Crippen molar-refractivity contribution in [2.24, 2.45) is 5.73 Å². The van der Waals surface area contributed by atoms with Crippen molar-refractivity contribution >= 4 is 0 Å². The zero-order valence-corrected chi connectivity index (χ0v) is 10.4. The number of benzene rings is 1. The molecule has 3 heteroatoms. The van der Waals surface area contributed by atoms with Gasteiger partial charge >= 0.3 is 0 Å². The first-order valence-corrected chi connectivity index (χ1v) is 6.40. The standard InChI is InChI=1S/C14H21NO2/c1-2-16-8-3-9-17-12-5-6-13-11(10-12)4-7-14(13)15/h5-6,10,14H,2-4,7-9,15H2,1H3. The Kier molecular flexibility index (Phi) is 4.40. The maximum atomic E-state index is 5.99. The zero-order chi connectivity index (χ0) is 12.1. The average Bonchev–Trinajstić information content (AvgIpc) is 2.71. The molecule has 0 fully saturated rings. The van der Waals surface area contributed by atoms with Crippen LogP contribution in [0.25, 0.3) is 0 Å². The van der Waals surface area contributed by atoms with Gasteiger partial charge < -0.3 is 15.2 Å². The van der Waals surface area contributed by atoms with E-state index in [0.717, 1.165) is 38.2 Å². The van der Waals surface area contributed by atoms with Crippen LogP contribution in [-0.2, 0) is 11.2 Å². The molecule has 0 radical (unpaired) electrons. The first kappa shape index (κ1) is 12.4. The van der Waals surface area contributed by atoms with Crippen molar-refractivity contribution in [3.05, 3.63) is 29.3 Å². The summed E-state index contributed by atoms with van der Waals surface area (Å²) in [7, 11) is 0. The van der Waals surface area contributed by atoms with Crippen molar-refractivity contribution in [3.8, 4) is 5.75 Å². The summed E-state index contributed by atoms with van der Waals surface area (Å²) in [5.41, 5.74) is 8.63. The molecule has 94 valence electrons. The Balaban J connectivity index is 1.82. The Labute approximate surface area is 103 Å². The minimum absolute atomic E-state index is 0.219. The van der Waals surface area contributed by atoms with E-state index in [9.17, 15) is 0 Å². The molecule has 0 amide bonds. The van der Waals surface area contributed by atoms with Crippen molar-refractivity contribution < 1.29 is 9.47 Å². The Morgan fingerprint density at radius 1 is 1.35 bits per heavy atom. The molecule has 0 aromatic heterocycles. The molecule has 0 bridgehead atoms. The third-order valence-corrected chi connectivity index (χ3v) is 3.14. The summed E-state index contributed by atoms with van der Waals surface area (Å²) >= 11 is 0. The van der Waals surface area contributed by atoms with Gasteiger partial charge in [0.15, 0.2) is 0 Å². The average molecular weight is 235 g/mol. The van der Waals surface area contributed by atoms with Gasteiger partial charge in [-0.1, -0.05) is 6.07 Å². The van der Waals surface area contributed by atoms with Gasteiger partial charge in [-0.2, -0.15) is 0 Å². The van der Waals surface area contributed by atoms with E-state index in [4.69, 9.17) is 15.2 Å². The van der Waals surface area contributed by atoms with E-state index in [-0.39, 0.29) is 6.04 Å². The summed E-state index contributed by atoms with van der Waals surface area (Å²) in [4.78, 5) is 0. The van der Waals surface area contributed by atoms with E-state index in [0.29, 0.717) is 6.61 Å². The third-order valence-electron chi connectivity index (χ3n) is 3.14. The molecule has 1 aliphatic rings. The smallest absolute Gasteiger partial charge is 0.119 e. The molecule has 0 aliphatic heterocycles. The molecule has 2 rings (SSSR count). The lowest BCUT2D eigenvalue weighted by Crippen LogP contribution is -2.05. The SMILES string of the molecule is CCOCCCOc1ccc2c(c1)CCC2N. The second-order valence-corrected chi connectivity index (χ2v) is 4.40. The number of aryl methyl sites for hydroxylation is 1. The van der Waals surface area contributed by atoms with Gasteiger partial charge in [0.25, 0.3) is 0 Å². The summed E-state index contributed by atoms with van der Waals surface area (Å²) in [6.45, 7) is 4.26. The first-order valence-electron chi connectivity index (χ1n) is 6.40. The summed E-state index contributed by atoms with van der Waals surface area (Å²) in [5.74, 6) is 0.953. The van der Waals surface area contributed by atoms with Crippen molar-refractivity contribution in [2.45, 2.75) is 32.2 Å². The van der Waals surface area contributed by atoms with E-state index < -0.39 is 0 Å². The highest BCUT2D eigenvalue weighted by Gasteiger charge is 2.18. The number of ether oxygens (including phenoxy) is 2. The molecule has 1 aromatic rings. The molecule has 1 atom stereocenters. The van der Waals surface area contributed by atoms with Crippen molar-refractivity contribution in [2.75, 3.05) is 19.8 Å². The van der Waals surface area contributed by atoms with Gasteiger partial charge in [-0.05, 0) is 43.0 Å². The summed E-state index contributed by atoms with van der Waals surface area (Å²) in [5, 5.41) is 0. The van der Waals surface area contributed by atoms with Crippen LogP contribution in [0.4, 0.5) is 0 Å². The molecule has 3 nitrogen and oxygen atoms in total. The topological polar surface area (TPSA) is 44.5 Å². The third kappa shape index (κ3) is 3.20. The highest BCUT2D eigenvalue weighted by atomic mass is 16.5. The maximum Gasteiger partial charge on any atom is 0.119 e. The van der Waals surface area contributed by atoms with E-state index in [1.165, 1.54) is 11.1 Å². The lowest BCUT2D eigenvalue weighted by atomic mass is 10.1. The summed E-state index contributed by atoms with van der Waals surface area (Å²) in [6, 6.07) is 6.47. The van der Waals surface area contributed by atoms with Crippen LogP contribution in [0.5, 0.6) is 5.75 Å². The van der Waals surface area contributed by atoms with Gasteiger partial charge in [-0.15, -0.1) is 0 Å². The Morgan fingerprint density at radius 2 is 2.24 bits per heavy atom. The van der Waals surface area contributed by atoms with Crippen LogP contribution in [0.3, 0.4) is 0 Å². The van der Waals surface area contributed by atoms with Crippen LogP contribution in [0.15, 0.2) is 18.2 Å². The second-order valence-electron chi connectivity index (χ2n) is 4.40. The van der Waals surface area contributed by atoms with Crippen LogP contribution in [0.2, 0.25) is 0 Å². The van der Waals surface area contributed by atoms with Crippen LogP contribution < -0.4 is 10.5 Å². The number of fused-ring (bicyclic) bond motifs is 1. The number of nitrogens with two attached hydrogens (primary N) is 1. The Bertz CT molecular complexity index is 365. The van der Waals surface area contributed by atoms with Crippen molar-refractivity contribution in [1.82, 2.24) is 0 Å². The molecule has 0 saturated carbocycles. The minimum atomic E-state index is 0.219.